The van der Waals surface area contributed by atoms with Gasteiger partial charge in [-0.2, -0.15) is 0 Å². The molecule has 2 aliphatic heterocycles. The van der Waals surface area contributed by atoms with Crippen LogP contribution in [0.2, 0.25) is 0 Å². The minimum absolute atomic E-state index is 0.0216. The van der Waals surface area contributed by atoms with E-state index in [0.717, 1.165) is 5.56 Å². The Bertz CT molecular complexity index is 1410. The van der Waals surface area contributed by atoms with E-state index in [-0.39, 0.29) is 52.4 Å². The third-order valence-electron chi connectivity index (χ3n) is 8.83. The summed E-state index contributed by atoms with van der Waals surface area (Å²) in [6.07, 6.45) is -5.90. The average molecular weight is 567 g/mol. The molecule has 0 radical (unpaired) electrons. The summed E-state index contributed by atoms with van der Waals surface area (Å²) in [6.45, 7) is 5.29. The Balaban J connectivity index is 1.26. The molecular weight excluding hydrogens is 532 g/mol. The number of carbonyl (C=O) groups excluding carboxylic acids is 3. The van der Waals surface area contributed by atoms with Gasteiger partial charge < -0.3 is 34.6 Å². The summed E-state index contributed by atoms with van der Waals surface area (Å²) in [5.74, 6) is -1.42. The number of benzene rings is 2. The Labute approximate surface area is 236 Å². The van der Waals surface area contributed by atoms with Gasteiger partial charge in [0, 0.05) is 47.1 Å². The van der Waals surface area contributed by atoms with Crippen molar-refractivity contribution in [2.75, 3.05) is 0 Å². The third-order valence-corrected chi connectivity index (χ3v) is 8.83. The van der Waals surface area contributed by atoms with E-state index in [4.69, 9.17) is 14.2 Å². The largest absolute Gasteiger partial charge is 0.507 e. The van der Waals surface area contributed by atoms with Gasteiger partial charge in [-0.05, 0) is 43.9 Å². The zero-order valence-corrected chi connectivity index (χ0v) is 23.1. The molecule has 0 spiro atoms. The van der Waals surface area contributed by atoms with E-state index in [0.29, 0.717) is 18.4 Å². The molecule has 2 aliphatic carbocycles. The number of carbonyl (C=O) groups is 3. The topological polar surface area (TPSA) is 160 Å². The summed E-state index contributed by atoms with van der Waals surface area (Å²) in [4.78, 5) is 40.2. The normalized spacial score (nSPS) is 35.1. The van der Waals surface area contributed by atoms with E-state index in [1.54, 1.807) is 26.0 Å². The highest BCUT2D eigenvalue weighted by atomic mass is 16.7. The second-order valence-corrected chi connectivity index (χ2v) is 11.8. The van der Waals surface area contributed by atoms with Gasteiger partial charge in [0.15, 0.2) is 23.6 Å². The Kier molecular flexibility index (Phi) is 7.12. The van der Waals surface area contributed by atoms with Crippen molar-refractivity contribution >= 4 is 17.3 Å². The summed E-state index contributed by atoms with van der Waals surface area (Å²) in [7, 11) is 0. The maximum Gasteiger partial charge on any atom is 0.198 e. The summed E-state index contributed by atoms with van der Waals surface area (Å²) >= 11 is 0. The van der Waals surface area contributed by atoms with Gasteiger partial charge >= 0.3 is 0 Å². The average Bonchev–Trinajstić information content (AvgIpc) is 2.91. The minimum atomic E-state index is -1.04. The third kappa shape index (κ3) is 4.63. The SMILES string of the molecule is CC1CC(=O)c2c(ccc3c2C(=O)c2ccc(C4CC(O)C(OC5CC(O)C(O)C(C)O5)C(C)O4)c(O)c2C3=O)C1. The molecule has 2 fully saturated rings. The summed E-state index contributed by atoms with van der Waals surface area (Å²) in [6, 6.07) is 6.26. The van der Waals surface area contributed by atoms with Crippen molar-refractivity contribution in [2.45, 2.75) is 95.5 Å². The molecule has 10 nitrogen and oxygen atoms in total. The number of hydrogen-bond donors (Lipinski definition) is 4. The van der Waals surface area contributed by atoms with Crippen LogP contribution in [0.15, 0.2) is 24.3 Å². The number of aliphatic hydroxyl groups excluding tert-OH is 3. The molecule has 10 heteroatoms. The highest BCUT2D eigenvalue weighted by molar-refractivity contribution is 6.32. The van der Waals surface area contributed by atoms with Gasteiger partial charge in [-0.25, -0.2) is 0 Å². The van der Waals surface area contributed by atoms with Crippen molar-refractivity contribution in [1.82, 2.24) is 0 Å². The molecule has 4 aliphatic rings. The van der Waals surface area contributed by atoms with Gasteiger partial charge in [0.05, 0.1) is 36.1 Å². The first-order valence-electron chi connectivity index (χ1n) is 14.1. The Morgan fingerprint density at radius 3 is 2.17 bits per heavy atom. The van der Waals surface area contributed by atoms with E-state index in [9.17, 15) is 34.8 Å². The predicted molar refractivity (Wildman–Crippen MR) is 143 cm³/mol. The van der Waals surface area contributed by atoms with Gasteiger partial charge in [0.1, 0.15) is 18.0 Å². The summed E-state index contributed by atoms with van der Waals surface area (Å²) < 4.78 is 17.7. The van der Waals surface area contributed by atoms with E-state index >= 15 is 0 Å². The molecule has 6 rings (SSSR count). The molecule has 218 valence electrons. The number of phenols is 1. The molecular formula is C31H34O10. The monoisotopic (exact) mass is 566 g/mol. The number of aromatic hydroxyl groups is 1. The lowest BCUT2D eigenvalue weighted by Gasteiger charge is -2.42. The molecule has 4 N–H and O–H groups in total. The van der Waals surface area contributed by atoms with Crippen LogP contribution < -0.4 is 0 Å². The molecule has 41 heavy (non-hydrogen) atoms. The quantitative estimate of drug-likeness (QED) is 0.371. The van der Waals surface area contributed by atoms with Crippen LogP contribution in [-0.4, -0.2) is 80.7 Å². The fourth-order valence-corrected chi connectivity index (χ4v) is 6.73. The second-order valence-electron chi connectivity index (χ2n) is 11.8. The van der Waals surface area contributed by atoms with Crippen molar-refractivity contribution < 1.29 is 49.0 Å². The fraction of sp³-hybridized carbons (Fsp3) is 0.516. The summed E-state index contributed by atoms with van der Waals surface area (Å²) in [5, 5.41) is 42.3. The van der Waals surface area contributed by atoms with Crippen molar-refractivity contribution in [2.24, 2.45) is 5.92 Å². The van der Waals surface area contributed by atoms with Crippen LogP contribution in [0.25, 0.3) is 0 Å². The molecule has 9 atom stereocenters. The van der Waals surface area contributed by atoms with Crippen molar-refractivity contribution in [3.63, 3.8) is 0 Å². The number of Topliss-reactive ketones (excluding diaryl/α,β-unsaturated/α-hetero) is 1. The number of aliphatic hydroxyl groups is 3. The van der Waals surface area contributed by atoms with Crippen LogP contribution in [0.1, 0.15) is 99.5 Å². The van der Waals surface area contributed by atoms with Crippen LogP contribution in [0.5, 0.6) is 5.75 Å². The molecule has 0 bridgehead atoms. The van der Waals surface area contributed by atoms with E-state index < -0.39 is 66.3 Å². The van der Waals surface area contributed by atoms with Crippen LogP contribution in [0.4, 0.5) is 0 Å². The molecule has 0 saturated carbocycles. The number of rotatable bonds is 3. The summed E-state index contributed by atoms with van der Waals surface area (Å²) in [5.41, 5.74) is 1.41. The molecule has 2 heterocycles. The minimum Gasteiger partial charge on any atom is -0.507 e. The maximum atomic E-state index is 13.7. The molecule has 0 amide bonds. The lowest BCUT2D eigenvalue weighted by molar-refractivity contribution is -0.293. The van der Waals surface area contributed by atoms with E-state index in [2.05, 4.69) is 0 Å². The second kappa shape index (κ2) is 10.4. The van der Waals surface area contributed by atoms with Gasteiger partial charge in [-0.3, -0.25) is 14.4 Å². The van der Waals surface area contributed by atoms with Crippen molar-refractivity contribution in [1.29, 1.82) is 0 Å². The lowest BCUT2D eigenvalue weighted by Crippen LogP contribution is -2.52. The number of hydrogen-bond acceptors (Lipinski definition) is 10. The Hall–Kier alpha value is -2.99. The highest BCUT2D eigenvalue weighted by Gasteiger charge is 2.44. The first-order chi connectivity index (χ1) is 19.5. The van der Waals surface area contributed by atoms with Gasteiger partial charge in [0.2, 0.25) is 0 Å². The van der Waals surface area contributed by atoms with Crippen LogP contribution in [0, 0.1) is 5.92 Å². The van der Waals surface area contributed by atoms with Crippen LogP contribution in [0.3, 0.4) is 0 Å². The molecule has 2 aromatic rings. The van der Waals surface area contributed by atoms with Crippen LogP contribution in [-0.2, 0) is 20.6 Å². The lowest BCUT2D eigenvalue weighted by atomic mass is 9.74. The highest BCUT2D eigenvalue weighted by Crippen LogP contribution is 2.44. The predicted octanol–water partition coefficient (Wildman–Crippen LogP) is 2.39. The Morgan fingerprint density at radius 2 is 1.46 bits per heavy atom. The smallest absolute Gasteiger partial charge is 0.198 e. The van der Waals surface area contributed by atoms with Crippen LogP contribution >= 0.6 is 0 Å². The molecule has 9 unspecified atom stereocenters. The first kappa shape index (κ1) is 28.1. The number of ether oxygens (including phenoxy) is 3. The first-order valence-corrected chi connectivity index (χ1v) is 14.1. The Morgan fingerprint density at radius 1 is 0.780 bits per heavy atom. The number of ketones is 3. The fourth-order valence-electron chi connectivity index (χ4n) is 6.73. The zero-order valence-electron chi connectivity index (χ0n) is 23.1. The van der Waals surface area contributed by atoms with Gasteiger partial charge in [-0.15, -0.1) is 0 Å². The molecule has 0 aromatic heterocycles. The zero-order chi connectivity index (χ0) is 29.3. The van der Waals surface area contributed by atoms with Crippen molar-refractivity contribution in [3.05, 3.63) is 63.2 Å². The number of phenolic OH excluding ortho intramolecular Hbond substituents is 1. The van der Waals surface area contributed by atoms with Crippen molar-refractivity contribution in [3.8, 4) is 5.75 Å². The number of fused-ring (bicyclic) bond motifs is 4. The van der Waals surface area contributed by atoms with Gasteiger partial charge in [-0.1, -0.05) is 19.1 Å². The maximum absolute atomic E-state index is 13.7. The van der Waals surface area contributed by atoms with Gasteiger partial charge in [0.25, 0.3) is 0 Å². The van der Waals surface area contributed by atoms with E-state index in [1.165, 1.54) is 12.1 Å². The molecule has 2 aromatic carbocycles. The van der Waals surface area contributed by atoms with E-state index in [1.807, 2.05) is 6.92 Å². The standard InChI is InChI=1S/C31H34O10/c1-12-8-15-4-5-17-25(24(15)19(32)9-12)29(37)18-7-6-16(28(36)26(18)30(17)38)22-10-21(34)31(14(3)39-22)41-23-11-20(33)27(35)13(2)40-23/h4-7,12-14,20-23,27,31,33-36H,8-11H2,1-3H3. The molecule has 2 saturated heterocycles.